The summed E-state index contributed by atoms with van der Waals surface area (Å²) in [6.07, 6.45) is 2.49. The van der Waals surface area contributed by atoms with Gasteiger partial charge in [0.1, 0.15) is 0 Å². The number of benzene rings is 1. The number of halogens is 1. The van der Waals surface area contributed by atoms with Crippen LogP contribution in [0.2, 0.25) is 0 Å². The van der Waals surface area contributed by atoms with Crippen molar-refractivity contribution in [1.29, 1.82) is 5.26 Å². The molecular weight excluding hydrogens is 267 g/mol. The van der Waals surface area contributed by atoms with Gasteiger partial charge in [0.15, 0.2) is 11.6 Å². The maximum absolute atomic E-state index is 14.0. The summed E-state index contributed by atoms with van der Waals surface area (Å²) in [5.74, 6) is 0.533. The average molecular weight is 290 g/mol. The van der Waals surface area contributed by atoms with E-state index in [9.17, 15) is 4.39 Å². The Labute approximate surface area is 126 Å². The SMILES string of the molecule is CC(C)CNCc1ccc(OCC2(CC#N)CC2)c(F)c1. The molecule has 1 N–H and O–H groups in total. The van der Waals surface area contributed by atoms with E-state index in [1.165, 1.54) is 6.07 Å². The van der Waals surface area contributed by atoms with Gasteiger partial charge in [0.2, 0.25) is 0 Å². The molecule has 0 bridgehead atoms. The zero-order valence-electron chi connectivity index (χ0n) is 12.8. The van der Waals surface area contributed by atoms with Gasteiger partial charge in [-0.3, -0.25) is 0 Å². The normalized spacial score (nSPS) is 15.8. The van der Waals surface area contributed by atoms with Crippen molar-refractivity contribution in [1.82, 2.24) is 5.32 Å². The maximum Gasteiger partial charge on any atom is 0.165 e. The van der Waals surface area contributed by atoms with Crippen LogP contribution in [0.4, 0.5) is 4.39 Å². The van der Waals surface area contributed by atoms with E-state index in [2.05, 4.69) is 25.2 Å². The molecule has 21 heavy (non-hydrogen) atoms. The van der Waals surface area contributed by atoms with Crippen LogP contribution < -0.4 is 10.1 Å². The summed E-state index contributed by atoms with van der Waals surface area (Å²) in [6, 6.07) is 7.27. The van der Waals surface area contributed by atoms with Crippen LogP contribution in [-0.2, 0) is 6.54 Å². The molecule has 0 radical (unpaired) electrons. The monoisotopic (exact) mass is 290 g/mol. The van der Waals surface area contributed by atoms with Gasteiger partial charge in [-0.25, -0.2) is 4.39 Å². The van der Waals surface area contributed by atoms with E-state index in [4.69, 9.17) is 10.00 Å². The highest BCUT2D eigenvalue weighted by Crippen LogP contribution is 2.48. The van der Waals surface area contributed by atoms with Crippen molar-refractivity contribution in [2.45, 2.75) is 39.7 Å². The van der Waals surface area contributed by atoms with Crippen LogP contribution in [0.15, 0.2) is 18.2 Å². The molecule has 4 heteroatoms. The molecule has 2 rings (SSSR count). The number of hydrogen-bond donors (Lipinski definition) is 1. The molecule has 1 saturated carbocycles. The number of rotatable bonds is 8. The lowest BCUT2D eigenvalue weighted by atomic mass is 10.1. The van der Waals surface area contributed by atoms with Gasteiger partial charge >= 0.3 is 0 Å². The molecular formula is C17H23FN2O. The Kier molecular flexibility index (Phi) is 5.19. The Bertz CT molecular complexity index is 518. The first-order chi connectivity index (χ1) is 10.0. The third-order valence-corrected chi connectivity index (χ3v) is 3.82. The minimum atomic E-state index is -0.327. The first kappa shape index (κ1) is 15.8. The molecule has 1 aliphatic carbocycles. The third-order valence-electron chi connectivity index (χ3n) is 3.82. The van der Waals surface area contributed by atoms with Gasteiger partial charge in [-0.15, -0.1) is 0 Å². The van der Waals surface area contributed by atoms with Gasteiger partial charge in [-0.05, 0) is 43.0 Å². The summed E-state index contributed by atoms with van der Waals surface area (Å²) in [5, 5.41) is 12.1. The second kappa shape index (κ2) is 6.91. The van der Waals surface area contributed by atoms with E-state index in [0.29, 0.717) is 25.5 Å². The molecule has 114 valence electrons. The number of ether oxygens (including phenoxy) is 1. The molecule has 1 aliphatic rings. The summed E-state index contributed by atoms with van der Waals surface area (Å²) in [7, 11) is 0. The predicted molar refractivity (Wildman–Crippen MR) is 80.3 cm³/mol. The first-order valence-electron chi connectivity index (χ1n) is 7.53. The fourth-order valence-electron chi connectivity index (χ4n) is 2.22. The van der Waals surface area contributed by atoms with Crippen molar-refractivity contribution in [3.63, 3.8) is 0 Å². The lowest BCUT2D eigenvalue weighted by Crippen LogP contribution is -2.19. The van der Waals surface area contributed by atoms with E-state index in [1.807, 2.05) is 6.07 Å². The van der Waals surface area contributed by atoms with Crippen LogP contribution in [0.5, 0.6) is 5.75 Å². The molecule has 0 amide bonds. The maximum atomic E-state index is 14.0. The third kappa shape index (κ3) is 4.71. The summed E-state index contributed by atoms with van der Waals surface area (Å²) >= 11 is 0. The first-order valence-corrected chi connectivity index (χ1v) is 7.53. The van der Waals surface area contributed by atoms with Gasteiger partial charge in [-0.1, -0.05) is 19.9 Å². The summed E-state index contributed by atoms with van der Waals surface area (Å²) in [6.45, 7) is 6.28. The van der Waals surface area contributed by atoms with Crippen molar-refractivity contribution < 1.29 is 9.13 Å². The van der Waals surface area contributed by atoms with Gasteiger partial charge in [0.05, 0.1) is 12.7 Å². The zero-order chi connectivity index (χ0) is 15.3. The fraction of sp³-hybridized carbons (Fsp3) is 0.588. The molecule has 0 atom stereocenters. The van der Waals surface area contributed by atoms with E-state index in [0.717, 1.165) is 24.9 Å². The van der Waals surface area contributed by atoms with E-state index in [1.54, 1.807) is 6.07 Å². The summed E-state index contributed by atoms with van der Waals surface area (Å²) in [4.78, 5) is 0. The molecule has 0 saturated heterocycles. The Morgan fingerprint density at radius 2 is 2.19 bits per heavy atom. The molecule has 0 aliphatic heterocycles. The Hall–Kier alpha value is -1.60. The fourth-order valence-corrected chi connectivity index (χ4v) is 2.22. The zero-order valence-corrected chi connectivity index (χ0v) is 12.8. The average Bonchev–Trinajstić information content (AvgIpc) is 3.18. The topological polar surface area (TPSA) is 45.0 Å². The van der Waals surface area contributed by atoms with Crippen molar-refractivity contribution >= 4 is 0 Å². The summed E-state index contributed by atoms with van der Waals surface area (Å²) < 4.78 is 19.6. The van der Waals surface area contributed by atoms with Crippen LogP contribution in [0, 0.1) is 28.5 Å². The Morgan fingerprint density at radius 3 is 2.76 bits per heavy atom. The van der Waals surface area contributed by atoms with Crippen LogP contribution in [0.25, 0.3) is 0 Å². The Morgan fingerprint density at radius 1 is 1.43 bits per heavy atom. The highest BCUT2D eigenvalue weighted by molar-refractivity contribution is 5.29. The van der Waals surface area contributed by atoms with Crippen LogP contribution >= 0.6 is 0 Å². The molecule has 0 aromatic heterocycles. The highest BCUT2D eigenvalue weighted by atomic mass is 19.1. The van der Waals surface area contributed by atoms with Crippen molar-refractivity contribution in [2.24, 2.45) is 11.3 Å². The standard InChI is InChI=1S/C17H23FN2O/c1-13(2)10-20-11-14-3-4-16(15(18)9-14)21-12-17(5-6-17)7-8-19/h3-4,9,13,20H,5-7,10-12H2,1-2H3. The van der Waals surface area contributed by atoms with Gasteiger partial charge < -0.3 is 10.1 Å². The summed E-state index contributed by atoms with van der Waals surface area (Å²) in [5.41, 5.74) is 0.886. The van der Waals surface area contributed by atoms with Crippen LogP contribution in [0.3, 0.4) is 0 Å². The second-order valence-corrected chi connectivity index (χ2v) is 6.41. The molecule has 1 aromatic carbocycles. The van der Waals surface area contributed by atoms with Crippen molar-refractivity contribution in [2.75, 3.05) is 13.2 Å². The van der Waals surface area contributed by atoms with E-state index < -0.39 is 0 Å². The molecule has 1 aromatic rings. The number of hydrogen-bond acceptors (Lipinski definition) is 3. The van der Waals surface area contributed by atoms with E-state index >= 15 is 0 Å². The minimum Gasteiger partial charge on any atom is -0.490 e. The molecule has 0 unspecified atom stereocenters. The van der Waals surface area contributed by atoms with Crippen LogP contribution in [0.1, 0.15) is 38.7 Å². The van der Waals surface area contributed by atoms with E-state index in [-0.39, 0.29) is 17.0 Å². The minimum absolute atomic E-state index is 0.0291. The lowest BCUT2D eigenvalue weighted by Gasteiger charge is -2.14. The number of nitriles is 1. The quantitative estimate of drug-likeness (QED) is 0.795. The molecule has 3 nitrogen and oxygen atoms in total. The van der Waals surface area contributed by atoms with Gasteiger partial charge in [0, 0.05) is 18.4 Å². The smallest absolute Gasteiger partial charge is 0.165 e. The molecule has 0 spiro atoms. The van der Waals surface area contributed by atoms with Gasteiger partial charge in [0.25, 0.3) is 0 Å². The second-order valence-electron chi connectivity index (χ2n) is 6.41. The van der Waals surface area contributed by atoms with Crippen LogP contribution in [-0.4, -0.2) is 13.2 Å². The molecule has 0 heterocycles. The highest BCUT2D eigenvalue weighted by Gasteiger charge is 2.43. The lowest BCUT2D eigenvalue weighted by molar-refractivity contribution is 0.227. The van der Waals surface area contributed by atoms with Crippen molar-refractivity contribution in [3.8, 4) is 11.8 Å². The number of nitrogens with one attached hydrogen (secondary N) is 1. The van der Waals surface area contributed by atoms with Crippen molar-refractivity contribution in [3.05, 3.63) is 29.6 Å². The Balaban J connectivity index is 1.86. The predicted octanol–water partition coefficient (Wildman–Crippen LogP) is 3.64. The number of nitrogens with zero attached hydrogens (tertiary/aromatic N) is 1. The molecule has 1 fully saturated rings. The van der Waals surface area contributed by atoms with Gasteiger partial charge in [-0.2, -0.15) is 5.26 Å². The largest absolute Gasteiger partial charge is 0.490 e.